The highest BCUT2D eigenvalue weighted by molar-refractivity contribution is 7.86. The molecule has 0 radical (unpaired) electrons. The number of rotatable bonds is 8. The molecule has 0 unspecified atom stereocenters. The average molecular weight is 320 g/mol. The van der Waals surface area contributed by atoms with Gasteiger partial charge in [0.25, 0.3) is 10.1 Å². The summed E-state index contributed by atoms with van der Waals surface area (Å²) in [5.74, 6) is 5.88. The van der Waals surface area contributed by atoms with Gasteiger partial charge < -0.3 is 0 Å². The Bertz CT molecular complexity index is 644. The summed E-state index contributed by atoms with van der Waals surface area (Å²) in [6.45, 7) is 6.00. The summed E-state index contributed by atoms with van der Waals surface area (Å²) in [4.78, 5) is 0.212. The zero-order chi connectivity index (χ0) is 16.4. The van der Waals surface area contributed by atoms with E-state index in [2.05, 4.69) is 17.9 Å². The van der Waals surface area contributed by atoms with Crippen LogP contribution in [-0.2, 0) is 14.3 Å². The molecule has 0 heterocycles. The smallest absolute Gasteiger partial charge is 0.266 e. The molecular weight excluding hydrogens is 296 g/mol. The van der Waals surface area contributed by atoms with Gasteiger partial charge in [0.2, 0.25) is 0 Å². The highest BCUT2D eigenvalue weighted by Crippen LogP contribution is 2.14. The van der Waals surface area contributed by atoms with Gasteiger partial charge in [-0.25, -0.2) is 0 Å². The standard InChI is InChI=1S/C18H24O3S/c1-4-5-6-7-9-16(2)10-8-15-21-22(19,20)18-13-11-17(3)12-14-18/h9,11-14H,6-8,10,15H2,1-3H3. The van der Waals surface area contributed by atoms with E-state index < -0.39 is 10.1 Å². The van der Waals surface area contributed by atoms with Gasteiger partial charge in [-0.3, -0.25) is 4.18 Å². The molecule has 1 rings (SSSR count). The van der Waals surface area contributed by atoms with Gasteiger partial charge in [0, 0.05) is 6.42 Å². The predicted octanol–water partition coefficient (Wildman–Crippen LogP) is 4.23. The quantitative estimate of drug-likeness (QED) is 0.311. The van der Waals surface area contributed by atoms with Crippen LogP contribution in [0.3, 0.4) is 0 Å². The molecule has 0 atom stereocenters. The second kappa shape index (κ2) is 9.45. The lowest BCUT2D eigenvalue weighted by Gasteiger charge is -2.06. The summed E-state index contributed by atoms with van der Waals surface area (Å²) >= 11 is 0. The maximum atomic E-state index is 12.0. The first-order valence-corrected chi connectivity index (χ1v) is 8.88. The average Bonchev–Trinajstić information content (AvgIpc) is 2.49. The van der Waals surface area contributed by atoms with E-state index >= 15 is 0 Å². The van der Waals surface area contributed by atoms with Gasteiger partial charge in [0.05, 0.1) is 11.5 Å². The van der Waals surface area contributed by atoms with Crippen LogP contribution in [0, 0.1) is 18.8 Å². The highest BCUT2D eigenvalue weighted by Gasteiger charge is 2.14. The number of hydrogen-bond donors (Lipinski definition) is 0. The largest absolute Gasteiger partial charge is 0.296 e. The summed E-state index contributed by atoms with van der Waals surface area (Å²) in [7, 11) is -3.64. The summed E-state index contributed by atoms with van der Waals surface area (Å²) in [6.07, 6.45) is 5.48. The van der Waals surface area contributed by atoms with E-state index in [1.54, 1.807) is 24.3 Å². The van der Waals surface area contributed by atoms with Crippen molar-refractivity contribution >= 4 is 10.1 Å². The fraction of sp³-hybridized carbons (Fsp3) is 0.444. The molecule has 0 aliphatic rings. The third-order valence-corrected chi connectivity index (χ3v) is 4.53. The third-order valence-electron chi connectivity index (χ3n) is 3.20. The van der Waals surface area contributed by atoms with Gasteiger partial charge in [0.1, 0.15) is 0 Å². The number of allylic oxidation sites excluding steroid dienone is 2. The van der Waals surface area contributed by atoms with Crippen molar-refractivity contribution in [2.75, 3.05) is 6.61 Å². The van der Waals surface area contributed by atoms with E-state index in [4.69, 9.17) is 4.18 Å². The highest BCUT2D eigenvalue weighted by atomic mass is 32.2. The lowest BCUT2D eigenvalue weighted by molar-refractivity contribution is 0.312. The molecule has 0 saturated carbocycles. The van der Waals surface area contributed by atoms with Gasteiger partial charge in [-0.2, -0.15) is 8.42 Å². The molecule has 1 aromatic rings. The Kier molecular flexibility index (Phi) is 7.94. The Morgan fingerprint density at radius 1 is 1.27 bits per heavy atom. The van der Waals surface area contributed by atoms with Crippen molar-refractivity contribution in [3.63, 3.8) is 0 Å². The van der Waals surface area contributed by atoms with Crippen LogP contribution >= 0.6 is 0 Å². The van der Waals surface area contributed by atoms with Crippen molar-refractivity contribution in [2.24, 2.45) is 0 Å². The SMILES string of the molecule is CC#CCCC=C(C)CCCOS(=O)(=O)c1ccc(C)cc1. The third kappa shape index (κ3) is 6.93. The van der Waals surface area contributed by atoms with Crippen molar-refractivity contribution < 1.29 is 12.6 Å². The second-order valence-corrected chi connectivity index (χ2v) is 6.82. The van der Waals surface area contributed by atoms with Crippen molar-refractivity contribution in [1.82, 2.24) is 0 Å². The normalized spacial score (nSPS) is 11.9. The Labute approximate surface area is 134 Å². The maximum Gasteiger partial charge on any atom is 0.296 e. The van der Waals surface area contributed by atoms with Crippen molar-refractivity contribution in [3.05, 3.63) is 41.5 Å². The van der Waals surface area contributed by atoms with Gasteiger partial charge in [0.15, 0.2) is 0 Å². The fourth-order valence-corrected chi connectivity index (χ4v) is 2.85. The van der Waals surface area contributed by atoms with Crippen LogP contribution < -0.4 is 0 Å². The van der Waals surface area contributed by atoms with Crippen LogP contribution in [0.1, 0.15) is 45.1 Å². The van der Waals surface area contributed by atoms with Gasteiger partial charge in [-0.15, -0.1) is 11.8 Å². The van der Waals surface area contributed by atoms with E-state index in [1.807, 2.05) is 20.8 Å². The van der Waals surface area contributed by atoms with Crippen LogP contribution in [0.5, 0.6) is 0 Å². The minimum atomic E-state index is -3.64. The molecule has 0 fully saturated rings. The Morgan fingerprint density at radius 2 is 1.95 bits per heavy atom. The first kappa shape index (κ1) is 18.5. The summed E-state index contributed by atoms with van der Waals surface area (Å²) in [5, 5.41) is 0. The van der Waals surface area contributed by atoms with Crippen LogP contribution in [0.15, 0.2) is 40.8 Å². The molecule has 0 N–H and O–H groups in total. The number of aryl methyl sites for hydroxylation is 1. The van der Waals surface area contributed by atoms with Crippen LogP contribution in [-0.4, -0.2) is 15.0 Å². The van der Waals surface area contributed by atoms with Crippen LogP contribution in [0.4, 0.5) is 0 Å². The Morgan fingerprint density at radius 3 is 2.59 bits per heavy atom. The van der Waals surface area contributed by atoms with E-state index in [1.165, 1.54) is 5.57 Å². The van der Waals surface area contributed by atoms with E-state index in [9.17, 15) is 8.42 Å². The summed E-state index contributed by atoms with van der Waals surface area (Å²) in [6, 6.07) is 6.68. The van der Waals surface area contributed by atoms with E-state index in [0.29, 0.717) is 6.42 Å². The minimum Gasteiger partial charge on any atom is -0.266 e. The first-order chi connectivity index (χ1) is 10.5. The van der Waals surface area contributed by atoms with Crippen molar-refractivity contribution in [1.29, 1.82) is 0 Å². The summed E-state index contributed by atoms with van der Waals surface area (Å²) < 4.78 is 29.0. The lowest BCUT2D eigenvalue weighted by atomic mass is 10.1. The van der Waals surface area contributed by atoms with Crippen LogP contribution in [0.2, 0.25) is 0 Å². The predicted molar refractivity (Wildman–Crippen MR) is 90.0 cm³/mol. The Balaban J connectivity index is 2.36. The molecule has 0 spiro atoms. The van der Waals surface area contributed by atoms with Gasteiger partial charge >= 0.3 is 0 Å². The van der Waals surface area contributed by atoms with Crippen LogP contribution in [0.25, 0.3) is 0 Å². The number of benzene rings is 1. The molecule has 22 heavy (non-hydrogen) atoms. The second-order valence-electron chi connectivity index (χ2n) is 5.21. The monoisotopic (exact) mass is 320 g/mol. The fourth-order valence-electron chi connectivity index (χ4n) is 1.91. The molecule has 0 saturated heterocycles. The Hall–Kier alpha value is -1.57. The van der Waals surface area contributed by atoms with E-state index in [-0.39, 0.29) is 11.5 Å². The zero-order valence-corrected chi connectivity index (χ0v) is 14.4. The van der Waals surface area contributed by atoms with Crippen molar-refractivity contribution in [3.8, 4) is 11.8 Å². The van der Waals surface area contributed by atoms with Gasteiger partial charge in [-0.05, 0) is 52.2 Å². The topological polar surface area (TPSA) is 43.4 Å². The molecule has 3 nitrogen and oxygen atoms in total. The lowest BCUT2D eigenvalue weighted by Crippen LogP contribution is -2.07. The molecular formula is C18H24O3S. The molecule has 120 valence electrons. The molecule has 4 heteroatoms. The van der Waals surface area contributed by atoms with Crippen molar-refractivity contribution in [2.45, 2.75) is 51.3 Å². The minimum absolute atomic E-state index is 0.205. The molecule has 0 bridgehead atoms. The molecule has 1 aromatic carbocycles. The molecule has 0 aromatic heterocycles. The zero-order valence-electron chi connectivity index (χ0n) is 13.6. The summed E-state index contributed by atoms with van der Waals surface area (Å²) in [5.41, 5.74) is 2.27. The van der Waals surface area contributed by atoms with Gasteiger partial charge in [-0.1, -0.05) is 29.3 Å². The number of unbranched alkanes of at least 4 members (excludes halogenated alkanes) is 1. The number of hydrogen-bond acceptors (Lipinski definition) is 3. The molecule has 0 aliphatic carbocycles. The van der Waals surface area contributed by atoms with E-state index in [0.717, 1.165) is 24.8 Å². The molecule has 0 amide bonds. The molecule has 0 aliphatic heterocycles. The maximum absolute atomic E-state index is 12.0. The first-order valence-electron chi connectivity index (χ1n) is 7.47.